The van der Waals surface area contributed by atoms with E-state index >= 15 is 0 Å². The third-order valence-electron chi connectivity index (χ3n) is 4.69. The number of aryl methyl sites for hydroxylation is 1. The molecule has 0 unspecified atom stereocenters. The number of hydrogen-bond acceptors (Lipinski definition) is 6. The van der Waals surface area contributed by atoms with Crippen LogP contribution in [0.4, 0.5) is 0 Å². The number of rotatable bonds is 8. The van der Waals surface area contributed by atoms with Crippen LogP contribution in [-0.2, 0) is 6.42 Å². The summed E-state index contributed by atoms with van der Waals surface area (Å²) in [6.07, 6.45) is 1.000. The van der Waals surface area contributed by atoms with E-state index in [0.29, 0.717) is 36.0 Å². The van der Waals surface area contributed by atoms with Crippen molar-refractivity contribution in [3.05, 3.63) is 47.0 Å². The lowest BCUT2D eigenvalue weighted by atomic mass is 9.98. The minimum atomic E-state index is -0.245. The highest BCUT2D eigenvalue weighted by atomic mass is 16.6. The summed E-state index contributed by atoms with van der Waals surface area (Å²) in [5, 5.41) is 0. The highest BCUT2D eigenvalue weighted by Gasteiger charge is 2.28. The van der Waals surface area contributed by atoms with Crippen LogP contribution in [0.3, 0.4) is 0 Å². The Morgan fingerprint density at radius 2 is 1.75 bits per heavy atom. The summed E-state index contributed by atoms with van der Waals surface area (Å²) in [6.45, 7) is 2.82. The van der Waals surface area contributed by atoms with Crippen molar-refractivity contribution in [2.45, 2.75) is 26.2 Å². The maximum Gasteiger partial charge on any atom is 0.204 e. The lowest BCUT2D eigenvalue weighted by molar-refractivity contribution is 0.0912. The first-order valence-corrected chi connectivity index (χ1v) is 9.29. The fourth-order valence-electron chi connectivity index (χ4n) is 3.21. The van der Waals surface area contributed by atoms with Crippen LogP contribution in [0.5, 0.6) is 23.0 Å². The zero-order valence-electron chi connectivity index (χ0n) is 16.4. The SMILES string of the molecule is CCc1cccc(C(=O)CCC(=O)c2c(OC)cc3c(c2OC)OCCO3)c1. The minimum absolute atomic E-state index is 0.0432. The molecule has 0 bridgehead atoms. The van der Waals surface area contributed by atoms with Crippen molar-refractivity contribution >= 4 is 11.6 Å². The van der Waals surface area contributed by atoms with Gasteiger partial charge in [0.05, 0.1) is 14.2 Å². The normalized spacial score (nSPS) is 12.4. The number of carbonyl (C=O) groups excluding carboxylic acids is 2. The van der Waals surface area contributed by atoms with Gasteiger partial charge in [-0.3, -0.25) is 9.59 Å². The molecule has 1 aliphatic rings. The summed E-state index contributed by atoms with van der Waals surface area (Å²) in [6, 6.07) is 9.11. The molecule has 0 aliphatic carbocycles. The van der Waals surface area contributed by atoms with E-state index in [-0.39, 0.29) is 35.7 Å². The Labute approximate surface area is 164 Å². The van der Waals surface area contributed by atoms with Crippen LogP contribution in [0, 0.1) is 0 Å². The van der Waals surface area contributed by atoms with Crippen LogP contribution in [0.1, 0.15) is 46.0 Å². The first kappa shape index (κ1) is 19.7. The molecule has 0 aromatic heterocycles. The van der Waals surface area contributed by atoms with Crippen molar-refractivity contribution in [3.63, 3.8) is 0 Å². The number of ketones is 2. The van der Waals surface area contributed by atoms with Crippen molar-refractivity contribution in [2.24, 2.45) is 0 Å². The fourth-order valence-corrected chi connectivity index (χ4v) is 3.21. The summed E-state index contributed by atoms with van der Waals surface area (Å²) >= 11 is 0. The molecule has 1 aliphatic heterocycles. The zero-order valence-corrected chi connectivity index (χ0v) is 16.4. The number of carbonyl (C=O) groups is 2. The number of fused-ring (bicyclic) bond motifs is 1. The van der Waals surface area contributed by atoms with Crippen LogP contribution >= 0.6 is 0 Å². The van der Waals surface area contributed by atoms with Crippen LogP contribution in [-0.4, -0.2) is 39.0 Å². The predicted molar refractivity (Wildman–Crippen MR) is 104 cm³/mol. The molecule has 0 radical (unpaired) electrons. The first-order chi connectivity index (χ1) is 13.6. The van der Waals surface area contributed by atoms with Gasteiger partial charge in [-0.1, -0.05) is 25.1 Å². The van der Waals surface area contributed by atoms with Crippen molar-refractivity contribution < 1.29 is 28.5 Å². The van der Waals surface area contributed by atoms with Crippen LogP contribution in [0.2, 0.25) is 0 Å². The third-order valence-corrected chi connectivity index (χ3v) is 4.69. The third kappa shape index (κ3) is 3.96. The van der Waals surface area contributed by atoms with E-state index in [1.807, 2.05) is 25.1 Å². The predicted octanol–water partition coefficient (Wildman–Crippen LogP) is 3.88. The molecule has 6 heteroatoms. The lowest BCUT2D eigenvalue weighted by Crippen LogP contribution is -2.18. The van der Waals surface area contributed by atoms with E-state index in [1.54, 1.807) is 12.1 Å². The van der Waals surface area contributed by atoms with Crippen molar-refractivity contribution in [1.29, 1.82) is 0 Å². The molecule has 28 heavy (non-hydrogen) atoms. The molecule has 0 saturated carbocycles. The summed E-state index contributed by atoms with van der Waals surface area (Å²) in [5.74, 6) is 1.17. The van der Waals surface area contributed by atoms with Gasteiger partial charge in [-0.2, -0.15) is 0 Å². The Hall–Kier alpha value is -3.02. The largest absolute Gasteiger partial charge is 0.496 e. The Kier molecular flexibility index (Phi) is 6.19. The van der Waals surface area contributed by atoms with Gasteiger partial charge in [-0.15, -0.1) is 0 Å². The second kappa shape index (κ2) is 8.78. The minimum Gasteiger partial charge on any atom is -0.496 e. The van der Waals surface area contributed by atoms with Gasteiger partial charge in [0, 0.05) is 24.5 Å². The van der Waals surface area contributed by atoms with E-state index in [2.05, 4.69) is 0 Å². The number of Topliss-reactive ketones (excluding diaryl/α,β-unsaturated/α-hetero) is 2. The molecule has 0 spiro atoms. The van der Waals surface area contributed by atoms with E-state index in [0.717, 1.165) is 12.0 Å². The fraction of sp³-hybridized carbons (Fsp3) is 0.364. The lowest BCUT2D eigenvalue weighted by Gasteiger charge is -2.23. The van der Waals surface area contributed by atoms with Gasteiger partial charge in [-0.25, -0.2) is 0 Å². The van der Waals surface area contributed by atoms with Gasteiger partial charge in [0.1, 0.15) is 24.5 Å². The molecular weight excluding hydrogens is 360 g/mol. The Balaban J connectivity index is 1.83. The van der Waals surface area contributed by atoms with Gasteiger partial charge < -0.3 is 18.9 Å². The molecule has 6 nitrogen and oxygen atoms in total. The first-order valence-electron chi connectivity index (χ1n) is 9.29. The quantitative estimate of drug-likeness (QED) is 0.643. The summed E-state index contributed by atoms with van der Waals surface area (Å²) < 4.78 is 22.0. The highest BCUT2D eigenvalue weighted by molar-refractivity contribution is 6.06. The summed E-state index contributed by atoms with van der Waals surface area (Å²) in [4.78, 5) is 25.5. The average molecular weight is 384 g/mol. The molecule has 0 fully saturated rings. The molecule has 0 saturated heterocycles. The number of hydrogen-bond donors (Lipinski definition) is 0. The highest BCUT2D eigenvalue weighted by Crippen LogP contribution is 2.47. The molecule has 2 aromatic carbocycles. The Morgan fingerprint density at radius 1 is 1.00 bits per heavy atom. The van der Waals surface area contributed by atoms with Crippen molar-refractivity contribution in [2.75, 3.05) is 27.4 Å². The van der Waals surface area contributed by atoms with E-state index in [4.69, 9.17) is 18.9 Å². The standard InChI is InChI=1S/C22H24O6/c1-4-14-6-5-7-15(12-14)16(23)8-9-17(24)20-18(25-2)13-19-21(22(20)26-3)28-11-10-27-19/h5-7,12-13H,4,8-11H2,1-3H3. The van der Waals surface area contributed by atoms with Gasteiger partial charge >= 0.3 is 0 Å². The second-order valence-corrected chi connectivity index (χ2v) is 6.41. The van der Waals surface area contributed by atoms with Crippen molar-refractivity contribution in [1.82, 2.24) is 0 Å². The van der Waals surface area contributed by atoms with Gasteiger partial charge in [0.15, 0.2) is 23.1 Å². The van der Waals surface area contributed by atoms with Crippen molar-refractivity contribution in [3.8, 4) is 23.0 Å². The van der Waals surface area contributed by atoms with Gasteiger partial charge in [0.2, 0.25) is 5.75 Å². The molecule has 0 N–H and O–H groups in total. The zero-order chi connectivity index (χ0) is 20.1. The molecule has 0 amide bonds. The monoisotopic (exact) mass is 384 g/mol. The average Bonchev–Trinajstić information content (AvgIpc) is 2.75. The van der Waals surface area contributed by atoms with Crippen LogP contribution < -0.4 is 18.9 Å². The number of benzene rings is 2. The van der Waals surface area contributed by atoms with E-state index < -0.39 is 0 Å². The molecule has 1 heterocycles. The topological polar surface area (TPSA) is 71.1 Å². The smallest absolute Gasteiger partial charge is 0.204 e. The molecular formula is C22H24O6. The Morgan fingerprint density at radius 3 is 2.46 bits per heavy atom. The maximum absolute atomic E-state index is 12.9. The number of ether oxygens (including phenoxy) is 4. The molecule has 2 aromatic rings. The molecule has 0 atom stereocenters. The van der Waals surface area contributed by atoms with E-state index in [9.17, 15) is 9.59 Å². The van der Waals surface area contributed by atoms with E-state index in [1.165, 1.54) is 14.2 Å². The number of methoxy groups -OCH3 is 2. The molecule has 3 rings (SSSR count). The van der Waals surface area contributed by atoms with Crippen LogP contribution in [0.25, 0.3) is 0 Å². The summed E-state index contributed by atoms with van der Waals surface area (Å²) in [7, 11) is 2.94. The maximum atomic E-state index is 12.9. The van der Waals surface area contributed by atoms with Gasteiger partial charge in [0.25, 0.3) is 0 Å². The molecule has 148 valence electrons. The summed E-state index contributed by atoms with van der Waals surface area (Å²) in [5.41, 5.74) is 1.98. The van der Waals surface area contributed by atoms with Crippen LogP contribution in [0.15, 0.2) is 30.3 Å². The Bertz CT molecular complexity index is 887. The van der Waals surface area contributed by atoms with Gasteiger partial charge in [-0.05, 0) is 18.1 Å². The second-order valence-electron chi connectivity index (χ2n) is 6.41.